The van der Waals surface area contributed by atoms with Gasteiger partial charge in [-0.3, -0.25) is 0 Å². The minimum Gasteiger partial charge on any atom is -0.391 e. The average molecular weight is 237 g/mol. The molecule has 17 heavy (non-hydrogen) atoms. The van der Waals surface area contributed by atoms with E-state index in [1.807, 2.05) is 0 Å². The lowest BCUT2D eigenvalue weighted by molar-refractivity contribution is -0.125. The van der Waals surface area contributed by atoms with Crippen LogP contribution in [-0.2, 0) is 0 Å². The van der Waals surface area contributed by atoms with Crippen LogP contribution >= 0.6 is 0 Å². The molecule has 0 aromatic heterocycles. The van der Waals surface area contributed by atoms with Crippen molar-refractivity contribution < 1.29 is 5.11 Å². The minimum absolute atomic E-state index is 0.0825. The van der Waals surface area contributed by atoms with Gasteiger partial charge in [-0.2, -0.15) is 0 Å². The molecule has 0 heterocycles. The minimum atomic E-state index is -0.0825. The molecule has 0 amide bonds. The van der Waals surface area contributed by atoms with Crippen molar-refractivity contribution in [3.63, 3.8) is 0 Å². The van der Waals surface area contributed by atoms with Crippen molar-refractivity contribution in [3.8, 4) is 0 Å². The Balaban J connectivity index is 1.73. The molecule has 4 aliphatic rings. The Labute approximate surface area is 105 Å². The van der Waals surface area contributed by atoms with E-state index in [4.69, 9.17) is 0 Å². The normalized spacial score (nSPS) is 45.5. The van der Waals surface area contributed by atoms with E-state index >= 15 is 0 Å². The maximum atomic E-state index is 10.7. The van der Waals surface area contributed by atoms with E-state index in [1.54, 1.807) is 0 Å². The van der Waals surface area contributed by atoms with E-state index in [-0.39, 0.29) is 6.10 Å². The second-order valence-electron chi connectivity index (χ2n) is 7.15. The lowest BCUT2D eigenvalue weighted by Crippen LogP contribution is -2.54. The van der Waals surface area contributed by atoms with Crippen molar-refractivity contribution in [2.24, 2.45) is 23.2 Å². The molecule has 0 saturated heterocycles. The molecular formula is C15H27NO. The third kappa shape index (κ3) is 2.04. The van der Waals surface area contributed by atoms with E-state index in [1.165, 1.54) is 38.5 Å². The Morgan fingerprint density at radius 3 is 2.00 bits per heavy atom. The van der Waals surface area contributed by atoms with Crippen molar-refractivity contribution in [2.45, 2.75) is 51.6 Å². The highest BCUT2D eigenvalue weighted by atomic mass is 16.3. The summed E-state index contributed by atoms with van der Waals surface area (Å²) >= 11 is 0. The van der Waals surface area contributed by atoms with Crippen LogP contribution in [0.25, 0.3) is 0 Å². The molecule has 4 aliphatic carbocycles. The van der Waals surface area contributed by atoms with Crippen LogP contribution in [0.4, 0.5) is 0 Å². The van der Waals surface area contributed by atoms with Gasteiger partial charge in [0.05, 0.1) is 6.10 Å². The molecule has 1 atom stereocenters. The number of nitrogens with zero attached hydrogens (tertiary/aromatic N) is 1. The number of hydrogen-bond donors (Lipinski definition) is 1. The highest BCUT2D eigenvalue weighted by Gasteiger charge is 2.53. The van der Waals surface area contributed by atoms with Crippen LogP contribution in [0.15, 0.2) is 0 Å². The van der Waals surface area contributed by atoms with Crippen LogP contribution in [0.3, 0.4) is 0 Å². The number of likely N-dealkylation sites (N-methyl/N-ethyl adjacent to an activating group) is 1. The Morgan fingerprint density at radius 2 is 1.59 bits per heavy atom. The zero-order valence-corrected chi connectivity index (χ0v) is 11.4. The van der Waals surface area contributed by atoms with Gasteiger partial charge in [0.15, 0.2) is 0 Å². The molecule has 2 heteroatoms. The summed E-state index contributed by atoms with van der Waals surface area (Å²) < 4.78 is 0. The highest BCUT2D eigenvalue weighted by molar-refractivity contribution is 5.04. The smallest absolute Gasteiger partial charge is 0.0723 e. The Kier molecular flexibility index (Phi) is 2.99. The first-order valence-corrected chi connectivity index (χ1v) is 7.48. The molecule has 4 saturated carbocycles. The fourth-order valence-electron chi connectivity index (χ4n) is 5.20. The zero-order valence-electron chi connectivity index (χ0n) is 11.4. The summed E-state index contributed by atoms with van der Waals surface area (Å²) in [4.78, 5) is 2.27. The van der Waals surface area contributed by atoms with Gasteiger partial charge in [0.1, 0.15) is 0 Å². The fourth-order valence-corrected chi connectivity index (χ4v) is 5.20. The topological polar surface area (TPSA) is 23.5 Å². The van der Waals surface area contributed by atoms with Crippen LogP contribution in [0.2, 0.25) is 0 Å². The van der Waals surface area contributed by atoms with Gasteiger partial charge in [-0.1, -0.05) is 6.92 Å². The van der Waals surface area contributed by atoms with Crippen LogP contribution in [-0.4, -0.2) is 36.2 Å². The Hall–Kier alpha value is -0.0800. The fraction of sp³-hybridized carbons (Fsp3) is 1.00. The molecule has 0 spiro atoms. The molecule has 4 fully saturated rings. The standard InChI is InChI=1S/C15H27NO/c1-3-16(2)10-14(17)15-7-11-4-12(8-15)6-13(5-11)9-15/h11-14,17H,3-10H2,1-2H3. The van der Waals surface area contributed by atoms with Crippen LogP contribution in [0, 0.1) is 23.2 Å². The zero-order chi connectivity index (χ0) is 12.0. The lowest BCUT2D eigenvalue weighted by Gasteiger charge is -2.58. The van der Waals surface area contributed by atoms with Crippen molar-refractivity contribution in [1.29, 1.82) is 0 Å². The largest absolute Gasteiger partial charge is 0.391 e. The van der Waals surface area contributed by atoms with Gasteiger partial charge in [0, 0.05) is 6.54 Å². The van der Waals surface area contributed by atoms with Crippen molar-refractivity contribution >= 4 is 0 Å². The monoisotopic (exact) mass is 237 g/mol. The first kappa shape index (κ1) is 12.0. The van der Waals surface area contributed by atoms with E-state index in [0.717, 1.165) is 30.8 Å². The first-order valence-electron chi connectivity index (χ1n) is 7.48. The average Bonchev–Trinajstić information content (AvgIpc) is 2.26. The SMILES string of the molecule is CCN(C)CC(O)C12CC3CC(CC(C3)C1)C2. The Morgan fingerprint density at radius 1 is 1.12 bits per heavy atom. The van der Waals surface area contributed by atoms with Crippen molar-refractivity contribution in [1.82, 2.24) is 4.90 Å². The van der Waals surface area contributed by atoms with E-state index < -0.39 is 0 Å². The van der Waals surface area contributed by atoms with E-state index in [0.29, 0.717) is 5.41 Å². The van der Waals surface area contributed by atoms with Gasteiger partial charge in [0.25, 0.3) is 0 Å². The maximum Gasteiger partial charge on any atom is 0.0723 e. The maximum absolute atomic E-state index is 10.7. The molecule has 2 nitrogen and oxygen atoms in total. The van der Waals surface area contributed by atoms with Crippen LogP contribution in [0.5, 0.6) is 0 Å². The predicted octanol–water partition coefficient (Wildman–Crippen LogP) is 2.52. The second kappa shape index (κ2) is 4.24. The highest BCUT2D eigenvalue weighted by Crippen LogP contribution is 2.61. The summed E-state index contributed by atoms with van der Waals surface area (Å²) in [6.45, 7) is 4.10. The quantitative estimate of drug-likeness (QED) is 0.812. The first-order chi connectivity index (χ1) is 8.11. The van der Waals surface area contributed by atoms with Crippen LogP contribution < -0.4 is 0 Å². The number of hydrogen-bond acceptors (Lipinski definition) is 2. The molecule has 4 rings (SSSR count). The van der Waals surface area contributed by atoms with Gasteiger partial charge in [-0.05, 0) is 75.3 Å². The molecule has 0 aromatic carbocycles. The number of aliphatic hydroxyl groups is 1. The van der Waals surface area contributed by atoms with Gasteiger partial charge in [0.2, 0.25) is 0 Å². The molecule has 4 bridgehead atoms. The van der Waals surface area contributed by atoms with Gasteiger partial charge in [-0.15, -0.1) is 0 Å². The van der Waals surface area contributed by atoms with E-state index in [9.17, 15) is 5.11 Å². The number of aliphatic hydroxyl groups excluding tert-OH is 1. The van der Waals surface area contributed by atoms with Gasteiger partial charge in [-0.25, -0.2) is 0 Å². The van der Waals surface area contributed by atoms with Gasteiger partial charge < -0.3 is 10.0 Å². The number of rotatable bonds is 4. The second-order valence-corrected chi connectivity index (χ2v) is 7.15. The molecule has 1 N–H and O–H groups in total. The summed E-state index contributed by atoms with van der Waals surface area (Å²) in [5.74, 6) is 2.84. The van der Waals surface area contributed by atoms with Gasteiger partial charge >= 0.3 is 0 Å². The summed E-state index contributed by atoms with van der Waals surface area (Å²) in [6.07, 6.45) is 8.27. The third-order valence-corrected chi connectivity index (χ3v) is 5.82. The molecule has 0 aromatic rings. The third-order valence-electron chi connectivity index (χ3n) is 5.82. The lowest BCUT2D eigenvalue weighted by atomic mass is 9.48. The van der Waals surface area contributed by atoms with Crippen molar-refractivity contribution in [3.05, 3.63) is 0 Å². The molecule has 0 aliphatic heterocycles. The predicted molar refractivity (Wildman–Crippen MR) is 69.8 cm³/mol. The summed E-state index contributed by atoms with van der Waals surface area (Å²) in [7, 11) is 2.13. The van der Waals surface area contributed by atoms with Crippen molar-refractivity contribution in [2.75, 3.05) is 20.1 Å². The molecule has 1 unspecified atom stereocenters. The molecule has 98 valence electrons. The van der Waals surface area contributed by atoms with E-state index in [2.05, 4.69) is 18.9 Å². The van der Waals surface area contributed by atoms with Crippen LogP contribution in [0.1, 0.15) is 45.4 Å². The Bertz CT molecular complexity index is 253. The summed E-state index contributed by atoms with van der Waals surface area (Å²) in [6, 6.07) is 0. The summed E-state index contributed by atoms with van der Waals surface area (Å²) in [5.41, 5.74) is 0.304. The summed E-state index contributed by atoms with van der Waals surface area (Å²) in [5, 5.41) is 10.7. The molecular weight excluding hydrogens is 210 g/mol. The molecule has 0 radical (unpaired) electrons.